The lowest BCUT2D eigenvalue weighted by Gasteiger charge is -2.41. The molecule has 2 aromatic rings. The van der Waals surface area contributed by atoms with Gasteiger partial charge in [0.2, 0.25) is 0 Å². The first-order valence-corrected chi connectivity index (χ1v) is 7.25. The second-order valence-electron chi connectivity index (χ2n) is 5.39. The minimum Gasteiger partial charge on any atom is -0.170 e. The van der Waals surface area contributed by atoms with Crippen LogP contribution in [0.25, 0.3) is 0 Å². The van der Waals surface area contributed by atoms with Crippen molar-refractivity contribution in [3.05, 3.63) is 70.2 Å². The second-order valence-corrected chi connectivity index (χ2v) is 5.80. The highest BCUT2D eigenvalue weighted by Crippen LogP contribution is 2.54. The molecule has 0 heterocycles. The van der Waals surface area contributed by atoms with Gasteiger partial charge in [-0.1, -0.05) is 54.1 Å². The van der Waals surface area contributed by atoms with E-state index >= 15 is 0 Å². The molecule has 0 N–H and O–H groups in total. The van der Waals surface area contributed by atoms with E-state index in [1.165, 1.54) is 12.1 Å². The Bertz CT molecular complexity index is 663. The van der Waals surface area contributed by atoms with Crippen molar-refractivity contribution >= 4 is 11.6 Å². The summed E-state index contributed by atoms with van der Waals surface area (Å²) in [5.74, 6) is 0. The van der Waals surface area contributed by atoms with Gasteiger partial charge in [-0.15, -0.1) is 0 Å². The first-order chi connectivity index (χ1) is 9.97. The molecule has 1 aliphatic carbocycles. The molecule has 0 fully saturated rings. The SMILES string of the molecule is FC(F)(F)C1(c2ccccc2Cl)CCCc2ccccc21. The Hall–Kier alpha value is -1.48. The molecule has 0 saturated heterocycles. The number of hydrogen-bond donors (Lipinski definition) is 0. The van der Waals surface area contributed by atoms with E-state index in [2.05, 4.69) is 0 Å². The van der Waals surface area contributed by atoms with Crippen LogP contribution < -0.4 is 0 Å². The molecule has 0 aliphatic heterocycles. The maximum atomic E-state index is 14.1. The van der Waals surface area contributed by atoms with E-state index in [1.54, 1.807) is 36.4 Å². The molecule has 0 radical (unpaired) electrons. The van der Waals surface area contributed by atoms with Crippen molar-refractivity contribution in [3.63, 3.8) is 0 Å². The van der Waals surface area contributed by atoms with Gasteiger partial charge in [0.15, 0.2) is 0 Å². The Morgan fingerprint density at radius 1 is 0.905 bits per heavy atom. The Kier molecular flexibility index (Phi) is 3.48. The summed E-state index contributed by atoms with van der Waals surface area (Å²) in [6.07, 6.45) is -3.16. The number of halogens is 4. The molecule has 0 saturated carbocycles. The highest BCUT2D eigenvalue weighted by atomic mass is 35.5. The normalized spacial score (nSPS) is 21.9. The van der Waals surface area contributed by atoms with Crippen LogP contribution in [0, 0.1) is 0 Å². The van der Waals surface area contributed by atoms with Crippen LogP contribution in [0.4, 0.5) is 13.2 Å². The fraction of sp³-hybridized carbons (Fsp3) is 0.294. The Balaban J connectivity index is 2.34. The molecule has 0 aromatic heterocycles. The number of alkyl halides is 3. The minimum atomic E-state index is -4.38. The van der Waals surface area contributed by atoms with Crippen LogP contribution in [0.3, 0.4) is 0 Å². The molecule has 1 unspecified atom stereocenters. The van der Waals surface area contributed by atoms with Crippen molar-refractivity contribution in [3.8, 4) is 0 Å². The first-order valence-electron chi connectivity index (χ1n) is 6.87. The van der Waals surface area contributed by atoms with Crippen molar-refractivity contribution in [1.82, 2.24) is 0 Å². The highest BCUT2D eigenvalue weighted by Gasteiger charge is 2.58. The van der Waals surface area contributed by atoms with E-state index in [0.29, 0.717) is 18.4 Å². The van der Waals surface area contributed by atoms with Gasteiger partial charge in [0.1, 0.15) is 5.41 Å². The lowest BCUT2D eigenvalue weighted by Crippen LogP contribution is -2.46. The van der Waals surface area contributed by atoms with E-state index < -0.39 is 11.6 Å². The average molecular weight is 311 g/mol. The summed E-state index contributed by atoms with van der Waals surface area (Å²) in [6, 6.07) is 13.1. The average Bonchev–Trinajstić information content (AvgIpc) is 2.46. The number of rotatable bonds is 1. The number of aryl methyl sites for hydroxylation is 1. The molecule has 0 amide bonds. The lowest BCUT2D eigenvalue weighted by atomic mass is 9.65. The zero-order chi connectivity index (χ0) is 15.1. The van der Waals surface area contributed by atoms with Gasteiger partial charge in [-0.2, -0.15) is 13.2 Å². The number of hydrogen-bond acceptors (Lipinski definition) is 0. The number of fused-ring (bicyclic) bond motifs is 1. The van der Waals surface area contributed by atoms with Gasteiger partial charge < -0.3 is 0 Å². The molecule has 0 bridgehead atoms. The monoisotopic (exact) mass is 310 g/mol. The van der Waals surface area contributed by atoms with Gasteiger partial charge in [-0.25, -0.2) is 0 Å². The smallest absolute Gasteiger partial charge is 0.170 e. The summed E-state index contributed by atoms with van der Waals surface area (Å²) >= 11 is 6.12. The fourth-order valence-electron chi connectivity index (χ4n) is 3.37. The first kappa shape index (κ1) is 14.5. The van der Waals surface area contributed by atoms with Gasteiger partial charge in [-0.3, -0.25) is 0 Å². The Morgan fingerprint density at radius 2 is 1.52 bits per heavy atom. The topological polar surface area (TPSA) is 0 Å². The summed E-state index contributed by atoms with van der Waals surface area (Å²) in [5.41, 5.74) is -0.732. The van der Waals surface area contributed by atoms with Crippen molar-refractivity contribution in [2.75, 3.05) is 0 Å². The predicted octanol–water partition coefficient (Wildman–Crippen LogP) is 5.52. The van der Waals surface area contributed by atoms with Crippen LogP contribution in [0.1, 0.15) is 29.5 Å². The predicted molar refractivity (Wildman–Crippen MR) is 77.7 cm³/mol. The Labute approximate surface area is 126 Å². The highest BCUT2D eigenvalue weighted by molar-refractivity contribution is 6.31. The van der Waals surface area contributed by atoms with Crippen LogP contribution >= 0.6 is 11.6 Å². The van der Waals surface area contributed by atoms with Crippen LogP contribution in [0.2, 0.25) is 5.02 Å². The zero-order valence-electron chi connectivity index (χ0n) is 11.3. The van der Waals surface area contributed by atoms with E-state index in [1.807, 2.05) is 0 Å². The maximum Gasteiger partial charge on any atom is 0.402 e. The third-order valence-electron chi connectivity index (χ3n) is 4.29. The molecule has 1 aliphatic rings. The van der Waals surface area contributed by atoms with Gasteiger partial charge in [0.05, 0.1) is 0 Å². The van der Waals surface area contributed by atoms with Gasteiger partial charge in [0.25, 0.3) is 0 Å². The third kappa shape index (κ3) is 2.15. The van der Waals surface area contributed by atoms with E-state index in [4.69, 9.17) is 11.6 Å². The molecule has 4 heteroatoms. The molecule has 0 nitrogen and oxygen atoms in total. The molecule has 2 aromatic carbocycles. The van der Waals surface area contributed by atoms with Crippen molar-refractivity contribution in [1.29, 1.82) is 0 Å². The standard InChI is InChI=1S/C17H14ClF3/c18-15-10-4-3-9-14(15)16(17(19,20)21)11-5-7-12-6-1-2-8-13(12)16/h1-4,6,8-10H,5,7,11H2. The molecular formula is C17H14ClF3. The molecule has 1 atom stereocenters. The minimum absolute atomic E-state index is 0.0389. The third-order valence-corrected chi connectivity index (χ3v) is 4.62. The summed E-state index contributed by atoms with van der Waals surface area (Å²) in [4.78, 5) is 0. The largest absolute Gasteiger partial charge is 0.402 e. The molecular weight excluding hydrogens is 297 g/mol. The van der Waals surface area contributed by atoms with Crippen molar-refractivity contribution in [2.45, 2.75) is 30.9 Å². The van der Waals surface area contributed by atoms with E-state index in [0.717, 1.165) is 5.56 Å². The van der Waals surface area contributed by atoms with Gasteiger partial charge in [-0.05, 0) is 42.0 Å². The van der Waals surface area contributed by atoms with Gasteiger partial charge in [0, 0.05) is 5.02 Å². The zero-order valence-corrected chi connectivity index (χ0v) is 12.0. The van der Waals surface area contributed by atoms with E-state index in [9.17, 15) is 13.2 Å². The maximum absolute atomic E-state index is 14.1. The van der Waals surface area contributed by atoms with Crippen LogP contribution in [0.5, 0.6) is 0 Å². The van der Waals surface area contributed by atoms with Crippen LogP contribution in [0.15, 0.2) is 48.5 Å². The summed E-state index contributed by atoms with van der Waals surface area (Å²) < 4.78 is 42.2. The summed E-state index contributed by atoms with van der Waals surface area (Å²) in [6.45, 7) is 0. The summed E-state index contributed by atoms with van der Waals surface area (Å²) in [5, 5.41) is 0.173. The second kappa shape index (κ2) is 5.06. The molecule has 21 heavy (non-hydrogen) atoms. The van der Waals surface area contributed by atoms with Crippen LogP contribution in [-0.2, 0) is 11.8 Å². The molecule has 0 spiro atoms. The van der Waals surface area contributed by atoms with E-state index in [-0.39, 0.29) is 17.0 Å². The summed E-state index contributed by atoms with van der Waals surface area (Å²) in [7, 11) is 0. The van der Waals surface area contributed by atoms with Crippen LogP contribution in [-0.4, -0.2) is 6.18 Å². The van der Waals surface area contributed by atoms with Crippen molar-refractivity contribution in [2.24, 2.45) is 0 Å². The van der Waals surface area contributed by atoms with Gasteiger partial charge >= 0.3 is 6.18 Å². The fourth-order valence-corrected chi connectivity index (χ4v) is 3.66. The lowest BCUT2D eigenvalue weighted by molar-refractivity contribution is -0.182. The van der Waals surface area contributed by atoms with Crippen molar-refractivity contribution < 1.29 is 13.2 Å². The molecule has 3 rings (SSSR count). The number of benzene rings is 2. The molecule has 110 valence electrons. The Morgan fingerprint density at radius 3 is 2.19 bits per heavy atom. The quantitative estimate of drug-likeness (QED) is 0.650.